The molecule has 2 heterocycles. The van der Waals surface area contributed by atoms with Crippen molar-refractivity contribution in [1.29, 1.82) is 0 Å². The van der Waals surface area contributed by atoms with Crippen LogP contribution in [0.25, 0.3) is 0 Å². The molecule has 2 saturated carbocycles. The Morgan fingerprint density at radius 1 is 1.00 bits per heavy atom. The van der Waals surface area contributed by atoms with Gasteiger partial charge in [0.05, 0.1) is 13.2 Å². The number of aliphatic hydroxyl groups excluding tert-OH is 2. The highest BCUT2D eigenvalue weighted by Crippen LogP contribution is 2.46. The first-order chi connectivity index (χ1) is 10.1. The van der Waals surface area contributed by atoms with Gasteiger partial charge in [-0.25, -0.2) is 0 Å². The molecule has 2 saturated heterocycles. The van der Waals surface area contributed by atoms with Gasteiger partial charge in [-0.05, 0) is 32.6 Å². The molecule has 6 unspecified atom stereocenters. The summed E-state index contributed by atoms with van der Waals surface area (Å²) < 4.78 is 22.8. The molecule has 0 bridgehead atoms. The number of ether oxygens (including phenoxy) is 4. The lowest BCUT2D eigenvalue weighted by atomic mass is 10.0. The third-order valence-electron chi connectivity index (χ3n) is 5.09. The summed E-state index contributed by atoms with van der Waals surface area (Å²) in [5.41, 5.74) is 0. The Hall–Kier alpha value is -0.240. The van der Waals surface area contributed by atoms with E-state index in [0.717, 1.165) is 25.7 Å². The van der Waals surface area contributed by atoms with Gasteiger partial charge in [0.2, 0.25) is 0 Å². The summed E-state index contributed by atoms with van der Waals surface area (Å²) in [5, 5.41) is 20.7. The van der Waals surface area contributed by atoms with Gasteiger partial charge in [0.25, 0.3) is 0 Å². The average Bonchev–Trinajstić information content (AvgIpc) is 3.41. The van der Waals surface area contributed by atoms with E-state index in [-0.39, 0.29) is 6.29 Å². The first kappa shape index (κ1) is 14.4. The molecule has 2 aliphatic carbocycles. The van der Waals surface area contributed by atoms with E-state index < -0.39 is 30.2 Å². The Balaban J connectivity index is 1.33. The zero-order chi connectivity index (χ0) is 14.6. The summed E-state index contributed by atoms with van der Waals surface area (Å²) in [6.07, 6.45) is 1.21. The minimum Gasteiger partial charge on any atom is -0.387 e. The first-order valence-electron chi connectivity index (χ1n) is 8.02. The van der Waals surface area contributed by atoms with E-state index in [1.807, 2.05) is 6.92 Å². The third kappa shape index (κ3) is 2.73. The second-order valence-corrected chi connectivity index (χ2v) is 6.95. The molecule has 0 radical (unpaired) electrons. The van der Waals surface area contributed by atoms with Crippen molar-refractivity contribution in [3.63, 3.8) is 0 Å². The van der Waals surface area contributed by atoms with Crippen LogP contribution < -0.4 is 0 Å². The van der Waals surface area contributed by atoms with E-state index in [2.05, 4.69) is 0 Å². The molecular formula is C15H24O6. The van der Waals surface area contributed by atoms with Crippen LogP contribution in [-0.4, -0.2) is 59.9 Å². The largest absolute Gasteiger partial charge is 0.387 e. The monoisotopic (exact) mass is 300 g/mol. The summed E-state index contributed by atoms with van der Waals surface area (Å²) >= 11 is 0. The van der Waals surface area contributed by atoms with Crippen molar-refractivity contribution in [1.82, 2.24) is 0 Å². The van der Waals surface area contributed by atoms with Gasteiger partial charge in [-0.1, -0.05) is 0 Å². The molecule has 120 valence electrons. The minimum absolute atomic E-state index is 0.214. The molecule has 0 spiro atoms. The number of hydrogen-bond donors (Lipinski definition) is 2. The molecule has 0 amide bonds. The van der Waals surface area contributed by atoms with Crippen LogP contribution in [0.1, 0.15) is 32.6 Å². The standard InChI is InChI=1S/C15H24O6/c1-15(9-4-5-9)19-7-11(21-15)13(17)12(16)10-6-18-14(20-10)8-2-3-8/h8-14,16-17H,2-7H2,1H3. The number of hydrogen-bond acceptors (Lipinski definition) is 6. The highest BCUT2D eigenvalue weighted by Gasteiger charge is 2.52. The minimum atomic E-state index is -1.02. The van der Waals surface area contributed by atoms with Crippen molar-refractivity contribution in [3.8, 4) is 0 Å². The lowest BCUT2D eigenvalue weighted by Gasteiger charge is -2.28. The predicted octanol–water partition coefficient (Wildman–Crippen LogP) is 0.401. The Bertz CT molecular complexity index is 396. The van der Waals surface area contributed by atoms with E-state index in [4.69, 9.17) is 18.9 Å². The Morgan fingerprint density at radius 2 is 1.71 bits per heavy atom. The van der Waals surface area contributed by atoms with Crippen LogP contribution in [0, 0.1) is 11.8 Å². The topological polar surface area (TPSA) is 77.4 Å². The normalized spacial score (nSPS) is 46.7. The van der Waals surface area contributed by atoms with Crippen LogP contribution in [0.5, 0.6) is 0 Å². The lowest BCUT2D eigenvalue weighted by Crippen LogP contribution is -2.47. The maximum absolute atomic E-state index is 10.4. The van der Waals surface area contributed by atoms with Crippen molar-refractivity contribution in [2.24, 2.45) is 11.8 Å². The summed E-state index contributed by atoms with van der Waals surface area (Å²) in [4.78, 5) is 0. The number of aliphatic hydroxyl groups is 2. The van der Waals surface area contributed by atoms with E-state index >= 15 is 0 Å². The third-order valence-corrected chi connectivity index (χ3v) is 5.09. The molecule has 6 heteroatoms. The van der Waals surface area contributed by atoms with Gasteiger partial charge in [0.1, 0.15) is 24.4 Å². The fourth-order valence-corrected chi connectivity index (χ4v) is 3.28. The van der Waals surface area contributed by atoms with Crippen molar-refractivity contribution in [3.05, 3.63) is 0 Å². The van der Waals surface area contributed by atoms with Crippen LogP contribution in [0.2, 0.25) is 0 Å². The molecule has 4 aliphatic rings. The molecule has 0 aromatic rings. The summed E-state index contributed by atoms with van der Waals surface area (Å²) in [6, 6.07) is 0. The van der Waals surface area contributed by atoms with Gasteiger partial charge in [0, 0.05) is 11.8 Å². The molecule has 6 nitrogen and oxygen atoms in total. The van der Waals surface area contributed by atoms with Crippen molar-refractivity contribution in [2.75, 3.05) is 13.2 Å². The summed E-state index contributed by atoms with van der Waals surface area (Å²) in [7, 11) is 0. The lowest BCUT2D eigenvalue weighted by molar-refractivity contribution is -0.192. The molecule has 2 N–H and O–H groups in total. The van der Waals surface area contributed by atoms with Crippen LogP contribution in [0.3, 0.4) is 0 Å². The smallest absolute Gasteiger partial charge is 0.169 e. The van der Waals surface area contributed by atoms with Gasteiger partial charge in [0.15, 0.2) is 12.1 Å². The van der Waals surface area contributed by atoms with Gasteiger partial charge < -0.3 is 29.2 Å². The highest BCUT2D eigenvalue weighted by atomic mass is 16.8. The Kier molecular flexibility index (Phi) is 3.52. The number of rotatable bonds is 5. The van der Waals surface area contributed by atoms with Crippen LogP contribution >= 0.6 is 0 Å². The zero-order valence-electron chi connectivity index (χ0n) is 12.3. The molecule has 0 aromatic carbocycles. The van der Waals surface area contributed by atoms with Gasteiger partial charge >= 0.3 is 0 Å². The van der Waals surface area contributed by atoms with Crippen LogP contribution in [0.4, 0.5) is 0 Å². The van der Waals surface area contributed by atoms with Crippen molar-refractivity contribution >= 4 is 0 Å². The van der Waals surface area contributed by atoms with Crippen molar-refractivity contribution in [2.45, 2.75) is 69.1 Å². The van der Waals surface area contributed by atoms with E-state index in [1.54, 1.807) is 0 Å². The molecule has 2 aliphatic heterocycles. The fraction of sp³-hybridized carbons (Fsp3) is 1.00. The van der Waals surface area contributed by atoms with E-state index in [9.17, 15) is 10.2 Å². The highest BCUT2D eigenvalue weighted by molar-refractivity contribution is 4.94. The van der Waals surface area contributed by atoms with Crippen molar-refractivity contribution < 1.29 is 29.2 Å². The maximum atomic E-state index is 10.4. The average molecular weight is 300 g/mol. The quantitative estimate of drug-likeness (QED) is 0.765. The van der Waals surface area contributed by atoms with Crippen LogP contribution in [-0.2, 0) is 18.9 Å². The molecule has 0 aromatic heterocycles. The zero-order valence-corrected chi connectivity index (χ0v) is 12.3. The fourth-order valence-electron chi connectivity index (χ4n) is 3.28. The summed E-state index contributed by atoms with van der Waals surface area (Å²) in [5.74, 6) is 0.273. The van der Waals surface area contributed by atoms with E-state index in [1.165, 1.54) is 0 Å². The van der Waals surface area contributed by atoms with E-state index in [0.29, 0.717) is 25.0 Å². The molecule has 4 fully saturated rings. The Morgan fingerprint density at radius 3 is 2.38 bits per heavy atom. The first-order valence-corrected chi connectivity index (χ1v) is 8.02. The second kappa shape index (κ2) is 5.15. The predicted molar refractivity (Wildman–Crippen MR) is 71.3 cm³/mol. The second-order valence-electron chi connectivity index (χ2n) is 6.95. The van der Waals surface area contributed by atoms with Gasteiger partial charge in [-0.3, -0.25) is 0 Å². The Labute approximate surface area is 124 Å². The molecule has 4 rings (SSSR count). The maximum Gasteiger partial charge on any atom is 0.169 e. The van der Waals surface area contributed by atoms with Gasteiger partial charge in [-0.2, -0.15) is 0 Å². The van der Waals surface area contributed by atoms with Crippen LogP contribution in [0.15, 0.2) is 0 Å². The molecule has 21 heavy (non-hydrogen) atoms. The molecular weight excluding hydrogens is 276 g/mol. The van der Waals surface area contributed by atoms with Gasteiger partial charge in [-0.15, -0.1) is 0 Å². The summed E-state index contributed by atoms with van der Waals surface area (Å²) in [6.45, 7) is 2.56. The molecule has 6 atom stereocenters. The SMILES string of the molecule is CC1(C2CC2)OCC(C(O)C(O)C2COC(C3CC3)O2)O1.